The van der Waals surface area contributed by atoms with E-state index in [1.165, 1.54) is 11.1 Å². The normalized spacial score (nSPS) is 34.3. The first-order valence-corrected chi connectivity index (χ1v) is 10.1. The molecule has 2 N–H and O–H groups in total. The maximum Gasteiger partial charge on any atom is 0.306 e. The number of rotatable bonds is 4. The van der Waals surface area contributed by atoms with Gasteiger partial charge in [-0.25, -0.2) is 0 Å². The number of esters is 1. The van der Waals surface area contributed by atoms with Crippen molar-refractivity contribution in [2.45, 2.75) is 70.3 Å². The zero-order valence-electron chi connectivity index (χ0n) is 15.8. The number of aryl methyl sites for hydroxylation is 1. The minimum absolute atomic E-state index is 0.00548. The van der Waals surface area contributed by atoms with Crippen molar-refractivity contribution in [3.63, 3.8) is 0 Å². The second kappa shape index (κ2) is 6.84. The number of aliphatic carboxylic acids is 1. The van der Waals surface area contributed by atoms with Crippen molar-refractivity contribution in [1.82, 2.24) is 0 Å². The lowest BCUT2D eigenvalue weighted by Gasteiger charge is -2.50. The topological polar surface area (TPSA) is 83.8 Å². The molecule has 4 unspecified atom stereocenters. The largest absolute Gasteiger partial charge is 0.508 e. The van der Waals surface area contributed by atoms with Crippen molar-refractivity contribution in [3.8, 4) is 5.75 Å². The molecule has 0 radical (unpaired) electrons. The monoisotopic (exact) mass is 372 g/mol. The quantitative estimate of drug-likeness (QED) is 0.780. The van der Waals surface area contributed by atoms with Crippen LogP contribution in [-0.2, 0) is 20.7 Å². The Balaban J connectivity index is 1.49. The number of fused-ring (bicyclic) bond motifs is 5. The second-order valence-electron chi connectivity index (χ2n) is 8.79. The molecule has 2 saturated carbocycles. The summed E-state index contributed by atoms with van der Waals surface area (Å²) < 4.78 is 5.76. The maximum absolute atomic E-state index is 12.1. The fourth-order valence-corrected chi connectivity index (χ4v) is 6.14. The van der Waals surface area contributed by atoms with Crippen LogP contribution in [0, 0.1) is 17.3 Å². The van der Waals surface area contributed by atoms with E-state index < -0.39 is 5.97 Å². The molecule has 5 nitrogen and oxygen atoms in total. The highest BCUT2D eigenvalue weighted by atomic mass is 16.5. The minimum Gasteiger partial charge on any atom is -0.508 e. The summed E-state index contributed by atoms with van der Waals surface area (Å²) >= 11 is 0. The average Bonchev–Trinajstić information content (AvgIpc) is 2.96. The molecule has 5 atom stereocenters. The standard InChI is InChI=1S/C22H28O5/c1-22-11-10-16-15-5-3-14(23)12-13(15)2-4-17(16)18(22)6-7-19(22)27-21(26)9-8-20(24)25/h3,5,12,16-19,23H,2,4,6-11H2,1H3,(H,24,25)/t16?,17?,18?,19?,22-/m0/s1. The van der Waals surface area contributed by atoms with Crippen LogP contribution in [0.15, 0.2) is 18.2 Å². The molecule has 0 amide bonds. The van der Waals surface area contributed by atoms with Crippen molar-refractivity contribution >= 4 is 11.9 Å². The van der Waals surface area contributed by atoms with E-state index in [9.17, 15) is 14.7 Å². The average molecular weight is 372 g/mol. The van der Waals surface area contributed by atoms with Crippen LogP contribution in [0.25, 0.3) is 0 Å². The van der Waals surface area contributed by atoms with Gasteiger partial charge in [-0.2, -0.15) is 0 Å². The summed E-state index contributed by atoms with van der Waals surface area (Å²) in [5.41, 5.74) is 2.68. The van der Waals surface area contributed by atoms with Crippen molar-refractivity contribution < 1.29 is 24.5 Å². The number of phenolic OH excluding ortho intramolecular Hbond substituents is 1. The Morgan fingerprint density at radius 1 is 1.19 bits per heavy atom. The van der Waals surface area contributed by atoms with Gasteiger partial charge < -0.3 is 14.9 Å². The molecule has 1 aromatic carbocycles. The molecule has 5 heteroatoms. The van der Waals surface area contributed by atoms with Crippen LogP contribution in [0.5, 0.6) is 5.75 Å². The maximum atomic E-state index is 12.1. The van der Waals surface area contributed by atoms with E-state index in [0.29, 0.717) is 23.5 Å². The van der Waals surface area contributed by atoms with Crippen molar-refractivity contribution in [2.24, 2.45) is 17.3 Å². The number of aromatic hydroxyl groups is 1. The number of phenols is 1. The zero-order chi connectivity index (χ0) is 19.2. The van der Waals surface area contributed by atoms with Gasteiger partial charge >= 0.3 is 11.9 Å². The fourth-order valence-electron chi connectivity index (χ4n) is 6.14. The highest BCUT2D eigenvalue weighted by molar-refractivity contribution is 5.76. The third-order valence-corrected chi connectivity index (χ3v) is 7.44. The lowest BCUT2D eigenvalue weighted by molar-refractivity contribution is -0.159. The van der Waals surface area contributed by atoms with E-state index in [2.05, 4.69) is 13.0 Å². The van der Waals surface area contributed by atoms with Crippen molar-refractivity contribution in [3.05, 3.63) is 29.3 Å². The van der Waals surface area contributed by atoms with Crippen molar-refractivity contribution in [1.29, 1.82) is 0 Å². The molecule has 0 heterocycles. The molecule has 3 aliphatic carbocycles. The van der Waals surface area contributed by atoms with Crippen LogP contribution in [0.3, 0.4) is 0 Å². The first kappa shape index (κ1) is 18.3. The Hall–Kier alpha value is -2.04. The van der Waals surface area contributed by atoms with Crippen LogP contribution in [-0.4, -0.2) is 28.3 Å². The molecular weight excluding hydrogens is 344 g/mol. The number of ether oxygens (including phenoxy) is 1. The van der Waals surface area contributed by atoms with Crippen LogP contribution in [0.2, 0.25) is 0 Å². The highest BCUT2D eigenvalue weighted by Crippen LogP contribution is 2.61. The fraction of sp³-hybridized carbons (Fsp3) is 0.636. The molecular formula is C22H28O5. The lowest BCUT2D eigenvalue weighted by Crippen LogP contribution is -2.45. The Labute approximate surface area is 159 Å². The summed E-state index contributed by atoms with van der Waals surface area (Å²) in [5.74, 6) is 0.681. The molecule has 0 bridgehead atoms. The van der Waals surface area contributed by atoms with Crippen LogP contribution < -0.4 is 0 Å². The molecule has 146 valence electrons. The Bertz CT molecular complexity index is 757. The van der Waals surface area contributed by atoms with Gasteiger partial charge in [-0.15, -0.1) is 0 Å². The summed E-state index contributed by atoms with van der Waals surface area (Å²) in [6.07, 6.45) is 5.88. The third-order valence-electron chi connectivity index (χ3n) is 7.44. The molecule has 2 fully saturated rings. The molecule has 0 aromatic heterocycles. The number of hydrogen-bond donors (Lipinski definition) is 2. The van der Waals surface area contributed by atoms with E-state index in [0.717, 1.165) is 38.5 Å². The van der Waals surface area contributed by atoms with Gasteiger partial charge in [-0.3, -0.25) is 9.59 Å². The van der Waals surface area contributed by atoms with Crippen LogP contribution in [0.1, 0.15) is 68.9 Å². The van der Waals surface area contributed by atoms with Gasteiger partial charge in [0.25, 0.3) is 0 Å². The number of hydrogen-bond acceptors (Lipinski definition) is 4. The first-order valence-electron chi connectivity index (χ1n) is 10.1. The predicted molar refractivity (Wildman–Crippen MR) is 99.5 cm³/mol. The molecule has 27 heavy (non-hydrogen) atoms. The van der Waals surface area contributed by atoms with Gasteiger partial charge in [0.15, 0.2) is 0 Å². The third kappa shape index (κ3) is 3.21. The van der Waals surface area contributed by atoms with Crippen LogP contribution in [0.4, 0.5) is 0 Å². The van der Waals surface area contributed by atoms with Crippen LogP contribution >= 0.6 is 0 Å². The van der Waals surface area contributed by atoms with E-state index in [4.69, 9.17) is 9.84 Å². The summed E-state index contributed by atoms with van der Waals surface area (Å²) in [6.45, 7) is 2.27. The summed E-state index contributed by atoms with van der Waals surface area (Å²) in [7, 11) is 0. The molecule has 0 saturated heterocycles. The van der Waals surface area contributed by atoms with Gasteiger partial charge in [0.1, 0.15) is 11.9 Å². The first-order chi connectivity index (χ1) is 12.9. The molecule has 1 aromatic rings. The smallest absolute Gasteiger partial charge is 0.306 e. The number of carboxylic acids is 1. The summed E-state index contributed by atoms with van der Waals surface area (Å²) in [6, 6.07) is 5.82. The SMILES string of the molecule is C[C@]12CCC3c4ccc(O)cc4CCC3C1CCC2OC(=O)CCC(=O)O. The number of carbonyl (C=O) groups excluding carboxylic acids is 1. The van der Waals surface area contributed by atoms with E-state index >= 15 is 0 Å². The Kier molecular flexibility index (Phi) is 4.65. The molecule has 3 aliphatic rings. The predicted octanol–water partition coefficient (Wildman–Crippen LogP) is 4.02. The second-order valence-corrected chi connectivity index (χ2v) is 8.79. The summed E-state index contributed by atoms with van der Waals surface area (Å²) in [5, 5.41) is 18.6. The molecule has 0 aliphatic heterocycles. The molecule has 4 rings (SSSR count). The number of carbonyl (C=O) groups is 2. The number of benzene rings is 1. The zero-order valence-corrected chi connectivity index (χ0v) is 15.8. The highest BCUT2D eigenvalue weighted by Gasteiger charge is 2.56. The summed E-state index contributed by atoms with van der Waals surface area (Å²) in [4.78, 5) is 22.8. The molecule has 0 spiro atoms. The minimum atomic E-state index is -0.963. The number of carboxylic acid groups (broad SMARTS) is 1. The lowest BCUT2D eigenvalue weighted by atomic mass is 9.55. The Morgan fingerprint density at radius 2 is 2.00 bits per heavy atom. The van der Waals surface area contributed by atoms with Gasteiger partial charge in [-0.05, 0) is 79.5 Å². The van der Waals surface area contributed by atoms with E-state index in [1.807, 2.05) is 6.07 Å². The Morgan fingerprint density at radius 3 is 2.78 bits per heavy atom. The van der Waals surface area contributed by atoms with E-state index in [1.54, 1.807) is 6.07 Å². The van der Waals surface area contributed by atoms with Gasteiger partial charge in [0.2, 0.25) is 0 Å². The van der Waals surface area contributed by atoms with Gasteiger partial charge in [0.05, 0.1) is 12.8 Å². The van der Waals surface area contributed by atoms with Gasteiger partial charge in [-0.1, -0.05) is 13.0 Å². The van der Waals surface area contributed by atoms with E-state index in [-0.39, 0.29) is 30.3 Å². The van der Waals surface area contributed by atoms with Gasteiger partial charge in [0, 0.05) is 5.41 Å². The van der Waals surface area contributed by atoms with Crippen molar-refractivity contribution in [2.75, 3.05) is 0 Å².